The van der Waals surface area contributed by atoms with Crippen LogP contribution in [-0.2, 0) is 4.79 Å². The summed E-state index contributed by atoms with van der Waals surface area (Å²) < 4.78 is 10.4. The Labute approximate surface area is 157 Å². The van der Waals surface area contributed by atoms with E-state index < -0.39 is 24.3 Å². The number of hydrogen-bond acceptors (Lipinski definition) is 5. The Morgan fingerprint density at radius 1 is 1.00 bits per heavy atom. The van der Waals surface area contributed by atoms with Crippen LogP contribution in [0, 0.1) is 0 Å². The number of hydrogen-bond donors (Lipinski definition) is 1. The van der Waals surface area contributed by atoms with Crippen LogP contribution in [0.15, 0.2) is 30.3 Å². The van der Waals surface area contributed by atoms with Crippen LogP contribution in [0.5, 0.6) is 11.5 Å². The van der Waals surface area contributed by atoms with Gasteiger partial charge in [-0.15, -0.1) is 0 Å². The molecule has 0 bridgehead atoms. The number of nitrogens with one attached hydrogen (secondary N) is 1. The lowest BCUT2D eigenvalue weighted by atomic mass is 10.1. The first-order chi connectivity index (χ1) is 12.4. The van der Waals surface area contributed by atoms with Crippen LogP contribution in [0.25, 0.3) is 0 Å². The number of anilines is 1. The fraction of sp³-hybridized carbons (Fsp3) is 0.118. The van der Waals surface area contributed by atoms with Crippen LogP contribution in [0.4, 0.5) is 5.69 Å². The topological polar surface area (TPSA) is 84.9 Å². The van der Waals surface area contributed by atoms with Crippen molar-refractivity contribution in [2.45, 2.75) is 0 Å². The molecule has 3 amide bonds. The van der Waals surface area contributed by atoms with Crippen molar-refractivity contribution in [3.8, 4) is 11.5 Å². The summed E-state index contributed by atoms with van der Waals surface area (Å²) in [7, 11) is 0. The zero-order valence-corrected chi connectivity index (χ0v) is 14.6. The number of halogens is 2. The van der Waals surface area contributed by atoms with Crippen LogP contribution in [0.1, 0.15) is 20.7 Å². The molecule has 0 saturated heterocycles. The Morgan fingerprint density at radius 3 is 2.27 bits per heavy atom. The van der Waals surface area contributed by atoms with Crippen molar-refractivity contribution in [3.05, 3.63) is 51.5 Å². The molecule has 0 aromatic heterocycles. The molecule has 2 aromatic rings. The number of nitrogens with zero attached hydrogens (tertiary/aromatic N) is 1. The summed E-state index contributed by atoms with van der Waals surface area (Å²) >= 11 is 11.8. The van der Waals surface area contributed by atoms with E-state index in [1.54, 1.807) is 18.2 Å². The highest BCUT2D eigenvalue weighted by Gasteiger charge is 2.37. The van der Waals surface area contributed by atoms with E-state index in [9.17, 15) is 14.4 Å². The molecule has 0 radical (unpaired) electrons. The molecule has 2 aromatic carbocycles. The van der Waals surface area contributed by atoms with Crippen molar-refractivity contribution in [2.24, 2.45) is 0 Å². The van der Waals surface area contributed by atoms with Gasteiger partial charge in [0.1, 0.15) is 6.54 Å². The maximum Gasteiger partial charge on any atom is 0.262 e. The minimum Gasteiger partial charge on any atom is -0.454 e. The summed E-state index contributed by atoms with van der Waals surface area (Å²) in [4.78, 5) is 37.9. The number of ether oxygens (including phenoxy) is 2. The van der Waals surface area contributed by atoms with E-state index in [4.69, 9.17) is 32.7 Å². The van der Waals surface area contributed by atoms with Crippen LogP contribution in [0.2, 0.25) is 10.0 Å². The van der Waals surface area contributed by atoms with Crippen molar-refractivity contribution in [2.75, 3.05) is 18.7 Å². The number of amides is 3. The van der Waals surface area contributed by atoms with Gasteiger partial charge < -0.3 is 14.8 Å². The van der Waals surface area contributed by atoms with Gasteiger partial charge in [-0.05, 0) is 24.3 Å². The Kier molecular flexibility index (Phi) is 3.97. The van der Waals surface area contributed by atoms with Crippen molar-refractivity contribution in [1.29, 1.82) is 0 Å². The molecule has 2 heterocycles. The van der Waals surface area contributed by atoms with Crippen molar-refractivity contribution in [3.63, 3.8) is 0 Å². The predicted octanol–water partition coefficient (Wildman–Crippen LogP) is 2.96. The number of imide groups is 1. The molecular weight excluding hydrogens is 383 g/mol. The zero-order valence-electron chi connectivity index (χ0n) is 13.0. The van der Waals surface area contributed by atoms with Crippen molar-refractivity contribution in [1.82, 2.24) is 4.90 Å². The lowest BCUT2D eigenvalue weighted by Gasteiger charge is -2.13. The highest BCUT2D eigenvalue weighted by atomic mass is 35.5. The second-order valence-corrected chi connectivity index (χ2v) is 6.44. The molecule has 132 valence electrons. The average molecular weight is 393 g/mol. The second-order valence-electron chi connectivity index (χ2n) is 5.62. The number of rotatable bonds is 3. The Balaban J connectivity index is 1.50. The van der Waals surface area contributed by atoms with Gasteiger partial charge in [0, 0.05) is 11.8 Å². The van der Waals surface area contributed by atoms with Crippen LogP contribution < -0.4 is 14.8 Å². The molecule has 0 unspecified atom stereocenters. The maximum absolute atomic E-state index is 12.4. The Morgan fingerprint density at radius 2 is 1.62 bits per heavy atom. The largest absolute Gasteiger partial charge is 0.454 e. The molecule has 0 fully saturated rings. The summed E-state index contributed by atoms with van der Waals surface area (Å²) in [6.07, 6.45) is 0. The summed E-state index contributed by atoms with van der Waals surface area (Å²) in [5.41, 5.74) is 0.711. The van der Waals surface area contributed by atoms with Crippen molar-refractivity contribution < 1.29 is 23.9 Å². The minimum atomic E-state index is -0.593. The van der Waals surface area contributed by atoms with E-state index in [0.29, 0.717) is 17.2 Å². The second kappa shape index (κ2) is 6.19. The minimum absolute atomic E-state index is 0.118. The van der Waals surface area contributed by atoms with Gasteiger partial charge in [-0.3, -0.25) is 19.3 Å². The molecule has 7 nitrogen and oxygen atoms in total. The summed E-state index contributed by atoms with van der Waals surface area (Å²) in [5, 5.41) is 2.95. The molecule has 9 heteroatoms. The van der Waals surface area contributed by atoms with Gasteiger partial charge in [0.25, 0.3) is 11.8 Å². The quantitative estimate of drug-likeness (QED) is 0.811. The van der Waals surface area contributed by atoms with Gasteiger partial charge in [0.2, 0.25) is 12.7 Å². The molecule has 1 N–H and O–H groups in total. The molecule has 0 atom stereocenters. The van der Waals surface area contributed by atoms with Crippen molar-refractivity contribution >= 4 is 46.6 Å². The molecular formula is C17H10Cl2N2O5. The maximum atomic E-state index is 12.4. The molecule has 2 aliphatic heterocycles. The smallest absolute Gasteiger partial charge is 0.262 e. The van der Waals surface area contributed by atoms with E-state index in [2.05, 4.69) is 5.32 Å². The number of carbonyl (C=O) groups is 3. The monoisotopic (exact) mass is 392 g/mol. The average Bonchev–Trinajstić information content (AvgIpc) is 3.15. The van der Waals surface area contributed by atoms with Gasteiger partial charge >= 0.3 is 0 Å². The highest BCUT2D eigenvalue weighted by molar-refractivity contribution is 6.43. The molecule has 26 heavy (non-hydrogen) atoms. The summed E-state index contributed by atoms with van der Waals surface area (Å²) in [6.45, 7) is -0.317. The normalized spacial score (nSPS) is 14.6. The fourth-order valence-corrected chi connectivity index (χ4v) is 3.07. The molecule has 0 saturated carbocycles. The predicted molar refractivity (Wildman–Crippen MR) is 93.0 cm³/mol. The molecule has 4 rings (SSSR count). The van der Waals surface area contributed by atoms with E-state index >= 15 is 0 Å². The Bertz CT molecular complexity index is 935. The highest BCUT2D eigenvalue weighted by Crippen LogP contribution is 2.34. The molecule has 0 aliphatic carbocycles. The van der Waals surface area contributed by atoms with E-state index in [1.807, 2.05) is 0 Å². The van der Waals surface area contributed by atoms with Gasteiger partial charge in [-0.2, -0.15) is 0 Å². The van der Waals surface area contributed by atoms with Gasteiger partial charge in [-0.1, -0.05) is 23.2 Å². The summed E-state index contributed by atoms with van der Waals surface area (Å²) in [5.74, 6) is -0.630. The third-order valence-corrected chi connectivity index (χ3v) is 4.69. The SMILES string of the molecule is O=C(CN1C(=O)c2cc(Cl)c(Cl)cc2C1=O)Nc1ccc2c(c1)OCO2. The lowest BCUT2D eigenvalue weighted by molar-refractivity contribution is -0.116. The van der Waals surface area contributed by atoms with Crippen LogP contribution in [-0.4, -0.2) is 36.0 Å². The number of fused-ring (bicyclic) bond motifs is 2. The Hall–Kier alpha value is -2.77. The first-order valence-corrected chi connectivity index (χ1v) is 8.24. The first kappa shape index (κ1) is 16.7. The van der Waals surface area contributed by atoms with Gasteiger partial charge in [-0.25, -0.2) is 0 Å². The van der Waals surface area contributed by atoms with Gasteiger partial charge in [0.15, 0.2) is 11.5 Å². The van der Waals surface area contributed by atoms with Crippen LogP contribution >= 0.6 is 23.2 Å². The number of carbonyl (C=O) groups excluding carboxylic acids is 3. The standard InChI is InChI=1S/C17H10Cl2N2O5/c18-11-4-9-10(5-12(11)19)17(24)21(16(9)23)6-15(22)20-8-1-2-13-14(3-8)26-7-25-13/h1-5H,6-7H2,(H,20,22). The summed E-state index contributed by atoms with van der Waals surface area (Å²) in [6, 6.07) is 7.55. The van der Waals surface area contributed by atoms with E-state index in [0.717, 1.165) is 4.90 Å². The fourth-order valence-electron chi connectivity index (χ4n) is 2.75. The molecule has 2 aliphatic rings. The van der Waals surface area contributed by atoms with E-state index in [1.165, 1.54) is 12.1 Å². The van der Waals surface area contributed by atoms with Gasteiger partial charge in [0.05, 0.1) is 21.2 Å². The van der Waals surface area contributed by atoms with E-state index in [-0.39, 0.29) is 28.0 Å². The lowest BCUT2D eigenvalue weighted by Crippen LogP contribution is -2.37. The van der Waals surface area contributed by atoms with Crippen LogP contribution in [0.3, 0.4) is 0 Å². The third kappa shape index (κ3) is 2.75. The zero-order chi connectivity index (χ0) is 18.4. The molecule has 0 spiro atoms. The first-order valence-electron chi connectivity index (χ1n) is 7.49. The third-order valence-electron chi connectivity index (χ3n) is 3.97. The number of benzene rings is 2.